The predicted molar refractivity (Wildman–Crippen MR) is 47.7 cm³/mol. The van der Waals surface area contributed by atoms with Gasteiger partial charge in [0.2, 0.25) is 0 Å². The molecule has 1 N–H and O–H groups in total. The monoisotopic (exact) mass is 212 g/mol. The summed E-state index contributed by atoms with van der Waals surface area (Å²) in [7, 11) is 0. The molecule has 0 aliphatic rings. The molecular weight excluding hydrogens is 208 g/mol. The SMILES string of the molecule is O=c1ccc(-c2nc(CCl)no2)n[nH]1. The number of aromatic amines is 1. The molecule has 0 saturated heterocycles. The molecule has 7 heteroatoms. The normalized spacial score (nSPS) is 10.4. The van der Waals surface area contributed by atoms with Gasteiger partial charge in [-0.05, 0) is 6.07 Å². The molecule has 2 heterocycles. The van der Waals surface area contributed by atoms with Gasteiger partial charge in [-0.1, -0.05) is 5.16 Å². The van der Waals surface area contributed by atoms with Gasteiger partial charge >= 0.3 is 0 Å². The zero-order valence-corrected chi connectivity index (χ0v) is 7.65. The van der Waals surface area contributed by atoms with Crippen molar-refractivity contribution in [2.24, 2.45) is 0 Å². The van der Waals surface area contributed by atoms with E-state index in [-0.39, 0.29) is 17.3 Å². The average Bonchev–Trinajstić information content (AvgIpc) is 2.67. The molecule has 0 radical (unpaired) electrons. The van der Waals surface area contributed by atoms with E-state index in [0.717, 1.165) is 0 Å². The Bertz CT molecular complexity index is 472. The van der Waals surface area contributed by atoms with Gasteiger partial charge in [0.1, 0.15) is 5.69 Å². The molecule has 0 spiro atoms. The first-order chi connectivity index (χ1) is 6.79. The lowest BCUT2D eigenvalue weighted by Crippen LogP contribution is -2.05. The topological polar surface area (TPSA) is 84.7 Å². The summed E-state index contributed by atoms with van der Waals surface area (Å²) in [4.78, 5) is 14.6. The average molecular weight is 213 g/mol. The Labute approximate surface area is 82.9 Å². The zero-order valence-electron chi connectivity index (χ0n) is 6.90. The van der Waals surface area contributed by atoms with E-state index in [1.807, 2.05) is 0 Å². The van der Waals surface area contributed by atoms with Gasteiger partial charge < -0.3 is 4.52 Å². The van der Waals surface area contributed by atoms with Gasteiger partial charge in [-0.25, -0.2) is 5.10 Å². The molecule has 0 aliphatic carbocycles. The first kappa shape index (κ1) is 8.89. The van der Waals surface area contributed by atoms with Crippen LogP contribution in [0.2, 0.25) is 0 Å². The number of H-pyrrole nitrogens is 1. The second-order valence-corrected chi connectivity index (χ2v) is 2.72. The maximum Gasteiger partial charge on any atom is 0.278 e. The summed E-state index contributed by atoms with van der Waals surface area (Å²) in [6, 6.07) is 2.82. The summed E-state index contributed by atoms with van der Waals surface area (Å²) >= 11 is 5.49. The Balaban J connectivity index is 2.39. The van der Waals surface area contributed by atoms with Crippen LogP contribution in [0.3, 0.4) is 0 Å². The Hall–Kier alpha value is -1.69. The first-order valence-electron chi connectivity index (χ1n) is 3.74. The lowest BCUT2D eigenvalue weighted by Gasteiger charge is -1.88. The van der Waals surface area contributed by atoms with E-state index in [1.165, 1.54) is 12.1 Å². The fourth-order valence-corrected chi connectivity index (χ4v) is 0.984. The molecule has 72 valence electrons. The first-order valence-corrected chi connectivity index (χ1v) is 4.27. The van der Waals surface area contributed by atoms with E-state index in [9.17, 15) is 4.79 Å². The van der Waals surface area contributed by atoms with Crippen LogP contribution in [0, 0.1) is 0 Å². The van der Waals surface area contributed by atoms with Crippen LogP contribution in [0.25, 0.3) is 11.6 Å². The third-order valence-electron chi connectivity index (χ3n) is 1.49. The Kier molecular flexibility index (Phi) is 2.28. The van der Waals surface area contributed by atoms with Gasteiger partial charge in [0.15, 0.2) is 5.82 Å². The summed E-state index contributed by atoms with van der Waals surface area (Å²) in [5, 5.41) is 9.56. The maximum absolute atomic E-state index is 10.7. The van der Waals surface area contributed by atoms with E-state index in [0.29, 0.717) is 11.5 Å². The van der Waals surface area contributed by atoms with Crippen LogP contribution >= 0.6 is 11.6 Å². The van der Waals surface area contributed by atoms with Gasteiger partial charge in [0.25, 0.3) is 11.4 Å². The molecular formula is C7H5ClN4O2. The minimum Gasteiger partial charge on any atom is -0.332 e. The second kappa shape index (κ2) is 3.59. The van der Waals surface area contributed by atoms with Gasteiger partial charge in [0, 0.05) is 6.07 Å². The molecule has 0 bridgehead atoms. The maximum atomic E-state index is 10.7. The van der Waals surface area contributed by atoms with E-state index < -0.39 is 0 Å². The standard InChI is InChI=1S/C7H5ClN4O2/c8-3-5-9-7(14-12-5)4-1-2-6(13)11-10-4/h1-2H,3H2,(H,11,13). The fourth-order valence-electron chi connectivity index (χ4n) is 0.876. The van der Waals surface area contributed by atoms with Gasteiger partial charge in [-0.15, -0.1) is 11.6 Å². The molecule has 2 aromatic rings. The number of halogens is 1. The molecule has 0 amide bonds. The number of hydrogen-bond donors (Lipinski definition) is 1. The van der Waals surface area contributed by atoms with Crippen LogP contribution in [0.15, 0.2) is 21.5 Å². The number of nitrogens with one attached hydrogen (secondary N) is 1. The van der Waals surface area contributed by atoms with Crippen molar-refractivity contribution in [3.63, 3.8) is 0 Å². The van der Waals surface area contributed by atoms with Gasteiger partial charge in [-0.2, -0.15) is 10.1 Å². The fraction of sp³-hybridized carbons (Fsp3) is 0.143. The van der Waals surface area contributed by atoms with Crippen LogP contribution in [-0.2, 0) is 5.88 Å². The molecule has 0 fully saturated rings. The molecule has 0 aromatic carbocycles. The molecule has 0 saturated carbocycles. The highest BCUT2D eigenvalue weighted by Gasteiger charge is 2.08. The molecule has 2 aromatic heterocycles. The lowest BCUT2D eigenvalue weighted by molar-refractivity contribution is 0.423. The summed E-state index contributed by atoms with van der Waals surface area (Å²) in [5.74, 6) is 0.791. The Morgan fingerprint density at radius 1 is 1.50 bits per heavy atom. The third kappa shape index (κ3) is 1.64. The van der Waals surface area contributed by atoms with Crippen LogP contribution in [0.4, 0.5) is 0 Å². The Morgan fingerprint density at radius 2 is 2.36 bits per heavy atom. The number of rotatable bonds is 2. The number of hydrogen-bond acceptors (Lipinski definition) is 5. The van der Waals surface area contributed by atoms with Gasteiger partial charge in [-0.3, -0.25) is 4.79 Å². The highest BCUT2D eigenvalue weighted by molar-refractivity contribution is 6.16. The van der Waals surface area contributed by atoms with Crippen molar-refractivity contribution in [1.29, 1.82) is 0 Å². The molecule has 0 unspecified atom stereocenters. The van der Waals surface area contributed by atoms with Crippen LogP contribution in [0.1, 0.15) is 5.82 Å². The van der Waals surface area contributed by atoms with Crippen LogP contribution in [-0.4, -0.2) is 20.3 Å². The molecule has 6 nitrogen and oxygen atoms in total. The van der Waals surface area contributed by atoms with Crippen LogP contribution < -0.4 is 5.56 Å². The van der Waals surface area contributed by atoms with Crippen molar-refractivity contribution in [1.82, 2.24) is 20.3 Å². The summed E-state index contributed by atoms with van der Waals surface area (Å²) < 4.78 is 4.85. The van der Waals surface area contributed by atoms with E-state index in [4.69, 9.17) is 16.1 Å². The van der Waals surface area contributed by atoms with E-state index in [1.54, 1.807) is 0 Å². The minimum absolute atomic E-state index is 0.173. The Morgan fingerprint density at radius 3 is 2.93 bits per heavy atom. The number of alkyl halides is 1. The minimum atomic E-state index is -0.286. The summed E-state index contributed by atoms with van der Waals surface area (Å²) in [6.45, 7) is 0. The largest absolute Gasteiger partial charge is 0.332 e. The van der Waals surface area contributed by atoms with Gasteiger partial charge in [0.05, 0.1) is 5.88 Å². The van der Waals surface area contributed by atoms with Crippen molar-refractivity contribution in [2.45, 2.75) is 5.88 Å². The quantitative estimate of drug-likeness (QED) is 0.736. The molecule has 0 aliphatic heterocycles. The lowest BCUT2D eigenvalue weighted by atomic mass is 10.4. The van der Waals surface area contributed by atoms with E-state index in [2.05, 4.69) is 20.3 Å². The molecule has 2 rings (SSSR count). The van der Waals surface area contributed by atoms with E-state index >= 15 is 0 Å². The van der Waals surface area contributed by atoms with Crippen molar-refractivity contribution in [3.05, 3.63) is 28.3 Å². The van der Waals surface area contributed by atoms with Crippen molar-refractivity contribution in [3.8, 4) is 11.6 Å². The number of nitrogens with zero attached hydrogens (tertiary/aromatic N) is 3. The summed E-state index contributed by atoms with van der Waals surface area (Å²) in [6.07, 6.45) is 0. The van der Waals surface area contributed by atoms with Crippen molar-refractivity contribution < 1.29 is 4.52 Å². The number of aromatic nitrogens is 4. The molecule has 0 atom stereocenters. The van der Waals surface area contributed by atoms with Crippen LogP contribution in [0.5, 0.6) is 0 Å². The highest BCUT2D eigenvalue weighted by Crippen LogP contribution is 2.12. The van der Waals surface area contributed by atoms with Crippen molar-refractivity contribution in [2.75, 3.05) is 0 Å². The smallest absolute Gasteiger partial charge is 0.278 e. The third-order valence-corrected chi connectivity index (χ3v) is 1.72. The predicted octanol–water partition coefficient (Wildman–Crippen LogP) is 0.559. The zero-order chi connectivity index (χ0) is 9.97. The highest BCUT2D eigenvalue weighted by atomic mass is 35.5. The summed E-state index contributed by atoms with van der Waals surface area (Å²) in [5.41, 5.74) is 0.124. The molecule has 14 heavy (non-hydrogen) atoms. The van der Waals surface area contributed by atoms with Crippen molar-refractivity contribution >= 4 is 11.6 Å². The second-order valence-electron chi connectivity index (χ2n) is 2.46.